The SMILES string of the molecule is CCNC(=NCCCOc1cc(C)cc(C)c1C)N1CCN(C(C)=O)CC1. The topological polar surface area (TPSA) is 57.2 Å². The number of hydrogen-bond donors (Lipinski definition) is 1. The highest BCUT2D eigenvalue weighted by Gasteiger charge is 2.20. The van der Waals surface area contributed by atoms with E-state index in [0.29, 0.717) is 6.61 Å². The van der Waals surface area contributed by atoms with Crippen LogP contribution in [0.25, 0.3) is 0 Å². The van der Waals surface area contributed by atoms with Crippen molar-refractivity contribution in [3.05, 3.63) is 28.8 Å². The highest BCUT2D eigenvalue weighted by atomic mass is 16.5. The predicted octanol–water partition coefficient (Wildman–Crippen LogP) is 2.51. The minimum atomic E-state index is 0.149. The number of carbonyl (C=O) groups is 1. The Bertz CT molecular complexity index is 664. The van der Waals surface area contributed by atoms with Gasteiger partial charge in [-0.15, -0.1) is 0 Å². The highest BCUT2D eigenvalue weighted by Crippen LogP contribution is 2.23. The van der Waals surface area contributed by atoms with Gasteiger partial charge in [-0.3, -0.25) is 9.79 Å². The van der Waals surface area contributed by atoms with Gasteiger partial charge in [0, 0.05) is 52.6 Å². The average Bonchev–Trinajstić information content (AvgIpc) is 2.64. The van der Waals surface area contributed by atoms with E-state index in [4.69, 9.17) is 9.73 Å². The Kier molecular flexibility index (Phi) is 7.95. The van der Waals surface area contributed by atoms with Crippen molar-refractivity contribution in [1.29, 1.82) is 0 Å². The molecule has 27 heavy (non-hydrogen) atoms. The fourth-order valence-electron chi connectivity index (χ4n) is 3.24. The molecule has 150 valence electrons. The number of aryl methyl sites for hydroxylation is 2. The first kappa shape index (κ1) is 21.1. The van der Waals surface area contributed by atoms with E-state index in [9.17, 15) is 4.79 Å². The molecule has 1 N–H and O–H groups in total. The average molecular weight is 375 g/mol. The molecule has 1 aromatic rings. The van der Waals surface area contributed by atoms with E-state index in [1.165, 1.54) is 16.7 Å². The molecule has 0 unspecified atom stereocenters. The van der Waals surface area contributed by atoms with Crippen LogP contribution in [-0.4, -0.2) is 67.5 Å². The summed E-state index contributed by atoms with van der Waals surface area (Å²) in [6.07, 6.45) is 0.870. The summed E-state index contributed by atoms with van der Waals surface area (Å²) < 4.78 is 5.98. The molecule has 0 aromatic heterocycles. The van der Waals surface area contributed by atoms with Gasteiger partial charge in [0.05, 0.1) is 6.61 Å². The number of benzene rings is 1. The van der Waals surface area contributed by atoms with Crippen LogP contribution in [-0.2, 0) is 4.79 Å². The zero-order chi connectivity index (χ0) is 19.8. The van der Waals surface area contributed by atoms with Crippen molar-refractivity contribution in [2.75, 3.05) is 45.9 Å². The van der Waals surface area contributed by atoms with Crippen molar-refractivity contribution >= 4 is 11.9 Å². The lowest BCUT2D eigenvalue weighted by Gasteiger charge is -2.36. The summed E-state index contributed by atoms with van der Waals surface area (Å²) in [5.41, 5.74) is 3.70. The summed E-state index contributed by atoms with van der Waals surface area (Å²) in [5.74, 6) is 2.06. The van der Waals surface area contributed by atoms with E-state index in [0.717, 1.165) is 57.4 Å². The summed E-state index contributed by atoms with van der Waals surface area (Å²) >= 11 is 0. The van der Waals surface area contributed by atoms with Crippen molar-refractivity contribution < 1.29 is 9.53 Å². The van der Waals surface area contributed by atoms with Crippen LogP contribution in [0.3, 0.4) is 0 Å². The Balaban J connectivity index is 1.83. The van der Waals surface area contributed by atoms with Gasteiger partial charge in [-0.05, 0) is 50.5 Å². The highest BCUT2D eigenvalue weighted by molar-refractivity contribution is 5.80. The molecule has 0 atom stereocenters. The second kappa shape index (κ2) is 10.2. The third-order valence-electron chi connectivity index (χ3n) is 4.95. The maximum atomic E-state index is 11.5. The molecule has 0 bridgehead atoms. The molecule has 1 aliphatic heterocycles. The third-order valence-corrected chi connectivity index (χ3v) is 4.95. The number of aliphatic imine (C=N–C) groups is 1. The Morgan fingerprint density at radius 2 is 1.81 bits per heavy atom. The molecule has 0 aliphatic carbocycles. The number of hydrogen-bond acceptors (Lipinski definition) is 3. The molecule has 0 saturated carbocycles. The van der Waals surface area contributed by atoms with Crippen molar-refractivity contribution in [1.82, 2.24) is 15.1 Å². The number of rotatable bonds is 6. The number of carbonyl (C=O) groups excluding carboxylic acids is 1. The zero-order valence-electron chi connectivity index (χ0n) is 17.5. The smallest absolute Gasteiger partial charge is 0.219 e. The molecule has 1 aliphatic rings. The fraction of sp³-hybridized carbons (Fsp3) is 0.619. The second-order valence-electron chi connectivity index (χ2n) is 7.14. The number of ether oxygens (including phenoxy) is 1. The lowest BCUT2D eigenvalue weighted by molar-refractivity contribution is -0.130. The summed E-state index contributed by atoms with van der Waals surface area (Å²) in [5, 5.41) is 3.36. The van der Waals surface area contributed by atoms with E-state index in [-0.39, 0.29) is 5.91 Å². The Morgan fingerprint density at radius 1 is 1.15 bits per heavy atom. The van der Waals surface area contributed by atoms with Gasteiger partial charge in [0.25, 0.3) is 0 Å². The summed E-state index contributed by atoms with van der Waals surface area (Å²) in [6.45, 7) is 15.4. The quantitative estimate of drug-likeness (QED) is 0.472. The van der Waals surface area contributed by atoms with Gasteiger partial charge in [-0.2, -0.15) is 0 Å². The normalized spacial score (nSPS) is 15.1. The molecular weight excluding hydrogens is 340 g/mol. The van der Waals surface area contributed by atoms with Gasteiger partial charge in [-0.1, -0.05) is 6.07 Å². The molecule has 1 amide bonds. The molecule has 1 aromatic carbocycles. The number of piperazine rings is 1. The first-order valence-corrected chi connectivity index (χ1v) is 9.91. The molecular formula is C21H34N4O2. The molecule has 6 nitrogen and oxygen atoms in total. The van der Waals surface area contributed by atoms with Gasteiger partial charge >= 0.3 is 0 Å². The van der Waals surface area contributed by atoms with E-state index < -0.39 is 0 Å². The van der Waals surface area contributed by atoms with Crippen molar-refractivity contribution in [2.45, 2.75) is 41.0 Å². The summed E-state index contributed by atoms with van der Waals surface area (Å²) in [6, 6.07) is 4.28. The van der Waals surface area contributed by atoms with Crippen LogP contribution in [0, 0.1) is 20.8 Å². The van der Waals surface area contributed by atoms with Crippen molar-refractivity contribution in [2.24, 2.45) is 4.99 Å². The minimum Gasteiger partial charge on any atom is -0.493 e. The van der Waals surface area contributed by atoms with E-state index in [1.54, 1.807) is 6.92 Å². The maximum absolute atomic E-state index is 11.5. The monoisotopic (exact) mass is 374 g/mol. The third kappa shape index (κ3) is 6.15. The number of amides is 1. The van der Waals surface area contributed by atoms with Crippen LogP contribution in [0.15, 0.2) is 17.1 Å². The molecule has 1 heterocycles. The van der Waals surface area contributed by atoms with E-state index >= 15 is 0 Å². The molecule has 1 fully saturated rings. The lowest BCUT2D eigenvalue weighted by Crippen LogP contribution is -2.53. The molecule has 2 rings (SSSR count). The van der Waals surface area contributed by atoms with Crippen LogP contribution in [0.2, 0.25) is 0 Å². The minimum absolute atomic E-state index is 0.149. The number of nitrogens with zero attached hydrogens (tertiary/aromatic N) is 3. The molecule has 6 heteroatoms. The van der Waals surface area contributed by atoms with Gasteiger partial charge < -0.3 is 19.9 Å². The lowest BCUT2D eigenvalue weighted by atomic mass is 10.1. The van der Waals surface area contributed by atoms with Gasteiger partial charge in [0.2, 0.25) is 5.91 Å². The Labute approximate surface area is 163 Å². The van der Waals surface area contributed by atoms with Gasteiger partial charge in [-0.25, -0.2) is 0 Å². The molecule has 0 radical (unpaired) electrons. The number of nitrogens with one attached hydrogen (secondary N) is 1. The van der Waals surface area contributed by atoms with Crippen molar-refractivity contribution in [3.8, 4) is 5.75 Å². The van der Waals surface area contributed by atoms with E-state index in [1.807, 2.05) is 4.90 Å². The Hall–Kier alpha value is -2.24. The number of guanidine groups is 1. The van der Waals surface area contributed by atoms with Crippen molar-refractivity contribution in [3.63, 3.8) is 0 Å². The van der Waals surface area contributed by atoms with Gasteiger partial charge in [0.1, 0.15) is 5.75 Å². The predicted molar refractivity (Wildman–Crippen MR) is 111 cm³/mol. The fourth-order valence-corrected chi connectivity index (χ4v) is 3.24. The summed E-state index contributed by atoms with van der Waals surface area (Å²) in [4.78, 5) is 20.3. The largest absolute Gasteiger partial charge is 0.493 e. The molecule has 1 saturated heterocycles. The van der Waals surface area contributed by atoms with Crippen LogP contribution in [0.4, 0.5) is 0 Å². The van der Waals surface area contributed by atoms with Crippen LogP contribution < -0.4 is 10.1 Å². The molecule has 0 spiro atoms. The second-order valence-corrected chi connectivity index (χ2v) is 7.14. The first-order valence-electron chi connectivity index (χ1n) is 9.91. The van der Waals surface area contributed by atoms with Gasteiger partial charge in [0.15, 0.2) is 5.96 Å². The van der Waals surface area contributed by atoms with E-state index in [2.05, 4.69) is 50.0 Å². The maximum Gasteiger partial charge on any atom is 0.219 e. The zero-order valence-corrected chi connectivity index (χ0v) is 17.5. The van der Waals surface area contributed by atoms with Crippen LogP contribution >= 0.6 is 0 Å². The standard InChI is InChI=1S/C21H34N4O2/c1-6-22-21(25-11-9-24(10-12-25)19(5)26)23-8-7-13-27-20-15-16(2)14-17(3)18(20)4/h14-15H,6-13H2,1-5H3,(H,22,23). The van der Waals surface area contributed by atoms with Crippen LogP contribution in [0.5, 0.6) is 5.75 Å². The summed E-state index contributed by atoms with van der Waals surface area (Å²) in [7, 11) is 0. The first-order chi connectivity index (χ1) is 12.9. The Morgan fingerprint density at radius 3 is 2.44 bits per heavy atom. The van der Waals surface area contributed by atoms with Crippen LogP contribution in [0.1, 0.15) is 37.0 Å².